The summed E-state index contributed by atoms with van der Waals surface area (Å²) in [7, 11) is 0. The quantitative estimate of drug-likeness (QED) is 0.307. The van der Waals surface area contributed by atoms with Crippen molar-refractivity contribution in [1.29, 1.82) is 0 Å². The van der Waals surface area contributed by atoms with Gasteiger partial charge in [-0.15, -0.1) is 0 Å². The van der Waals surface area contributed by atoms with Gasteiger partial charge < -0.3 is 10.3 Å². The molecule has 3 heterocycles. The summed E-state index contributed by atoms with van der Waals surface area (Å²) < 4.78 is 15.2. The highest BCUT2D eigenvalue weighted by molar-refractivity contribution is 6.30. The molecule has 6 rings (SSSR count). The molecule has 2 N–H and O–H groups in total. The van der Waals surface area contributed by atoms with Crippen LogP contribution in [-0.2, 0) is 17.9 Å². The SMILES string of the molecule is O=C1CC=C(NC(=O)c2cnn(Cc3ccc(Cl)cc3)c2)C=C1c1cc2cc(CN3CCC(F)CC3)ccc2[nH]1. The number of halogens is 2. The molecule has 1 fully saturated rings. The molecule has 0 spiro atoms. The summed E-state index contributed by atoms with van der Waals surface area (Å²) in [5.74, 6) is -0.314. The van der Waals surface area contributed by atoms with E-state index in [2.05, 4.69) is 32.4 Å². The number of nitrogens with zero attached hydrogens (tertiary/aromatic N) is 3. The molecule has 1 saturated heterocycles. The Bertz CT molecular complexity index is 1630. The second kappa shape index (κ2) is 11.2. The first-order valence-electron chi connectivity index (χ1n) is 13.4. The number of amides is 1. The molecule has 0 saturated carbocycles. The number of rotatable bonds is 7. The van der Waals surface area contributed by atoms with Gasteiger partial charge in [-0.3, -0.25) is 19.2 Å². The van der Waals surface area contributed by atoms with E-state index in [-0.39, 0.29) is 18.1 Å². The summed E-state index contributed by atoms with van der Waals surface area (Å²) in [6.45, 7) is 2.83. The van der Waals surface area contributed by atoms with Crippen LogP contribution in [0.3, 0.4) is 0 Å². The molecule has 1 amide bonds. The Morgan fingerprint density at radius 3 is 2.65 bits per heavy atom. The number of ketones is 1. The summed E-state index contributed by atoms with van der Waals surface area (Å²) in [5.41, 5.74) is 5.35. The fourth-order valence-electron chi connectivity index (χ4n) is 5.21. The molecule has 2 aromatic heterocycles. The third-order valence-electron chi connectivity index (χ3n) is 7.42. The topological polar surface area (TPSA) is 83.0 Å². The highest BCUT2D eigenvalue weighted by atomic mass is 35.5. The van der Waals surface area contributed by atoms with Gasteiger partial charge in [0.2, 0.25) is 0 Å². The van der Waals surface area contributed by atoms with Gasteiger partial charge in [0, 0.05) is 59.4 Å². The number of Topliss-reactive ketones (excluding diaryl/α,β-unsaturated/α-hetero) is 1. The number of aromatic nitrogens is 3. The molecule has 4 aromatic rings. The van der Waals surface area contributed by atoms with E-state index in [1.54, 1.807) is 23.0 Å². The lowest BCUT2D eigenvalue weighted by Crippen LogP contribution is -2.33. The lowest BCUT2D eigenvalue weighted by Gasteiger charge is -2.28. The number of H-pyrrole nitrogens is 1. The molecule has 204 valence electrons. The van der Waals surface area contributed by atoms with Crippen molar-refractivity contribution in [3.05, 3.63) is 106 Å². The normalized spacial score (nSPS) is 16.7. The van der Waals surface area contributed by atoms with Gasteiger partial charge in [0.15, 0.2) is 5.78 Å². The summed E-state index contributed by atoms with van der Waals surface area (Å²) in [6, 6.07) is 15.7. The fraction of sp³-hybridized carbons (Fsp3) is 0.258. The Labute approximate surface area is 236 Å². The molecule has 0 radical (unpaired) electrons. The number of hydrogen-bond donors (Lipinski definition) is 2. The minimum atomic E-state index is -0.686. The third-order valence-corrected chi connectivity index (χ3v) is 7.67. The van der Waals surface area contributed by atoms with Crippen molar-refractivity contribution in [3.63, 3.8) is 0 Å². The van der Waals surface area contributed by atoms with Gasteiger partial charge >= 0.3 is 0 Å². The molecule has 0 atom stereocenters. The van der Waals surface area contributed by atoms with Crippen LogP contribution in [-0.4, -0.2) is 50.6 Å². The summed E-state index contributed by atoms with van der Waals surface area (Å²) in [4.78, 5) is 31.4. The Kier molecular flexibility index (Phi) is 7.36. The number of fused-ring (bicyclic) bond motifs is 1. The van der Waals surface area contributed by atoms with Crippen LogP contribution in [0, 0.1) is 0 Å². The highest BCUT2D eigenvalue weighted by Crippen LogP contribution is 2.27. The number of likely N-dealkylation sites (tertiary alicyclic amines) is 1. The van der Waals surface area contributed by atoms with E-state index in [0.29, 0.717) is 46.9 Å². The third kappa shape index (κ3) is 5.93. The van der Waals surface area contributed by atoms with Crippen LogP contribution in [0.5, 0.6) is 0 Å². The van der Waals surface area contributed by atoms with Gasteiger partial charge in [-0.25, -0.2) is 4.39 Å². The van der Waals surface area contributed by atoms with Crippen LogP contribution in [0.4, 0.5) is 4.39 Å². The summed E-state index contributed by atoms with van der Waals surface area (Å²) in [5, 5.41) is 8.89. The lowest BCUT2D eigenvalue weighted by molar-refractivity contribution is -0.113. The van der Waals surface area contributed by atoms with Crippen LogP contribution < -0.4 is 5.32 Å². The van der Waals surface area contributed by atoms with Crippen molar-refractivity contribution in [3.8, 4) is 0 Å². The number of nitrogens with one attached hydrogen (secondary N) is 2. The average molecular weight is 558 g/mol. The number of aromatic amines is 1. The predicted molar refractivity (Wildman–Crippen MR) is 154 cm³/mol. The Balaban J connectivity index is 1.14. The predicted octanol–water partition coefficient (Wildman–Crippen LogP) is 5.67. The minimum Gasteiger partial charge on any atom is -0.354 e. The molecule has 2 aliphatic rings. The maximum atomic E-state index is 13.5. The number of hydrogen-bond acceptors (Lipinski definition) is 4. The Morgan fingerprint density at radius 1 is 1.07 bits per heavy atom. The largest absolute Gasteiger partial charge is 0.354 e. The maximum absolute atomic E-state index is 13.5. The fourth-order valence-corrected chi connectivity index (χ4v) is 5.34. The van der Waals surface area contributed by atoms with Gasteiger partial charge in [-0.05, 0) is 60.4 Å². The maximum Gasteiger partial charge on any atom is 0.258 e. The Hall–Kier alpha value is -4.01. The van der Waals surface area contributed by atoms with Crippen LogP contribution in [0.1, 0.15) is 46.4 Å². The van der Waals surface area contributed by atoms with Gasteiger partial charge in [-0.1, -0.05) is 35.9 Å². The molecule has 7 nitrogen and oxygen atoms in total. The number of benzene rings is 2. The molecule has 0 bridgehead atoms. The second-order valence-corrected chi connectivity index (χ2v) is 10.8. The van der Waals surface area contributed by atoms with Crippen molar-refractivity contribution in [2.45, 2.75) is 38.5 Å². The van der Waals surface area contributed by atoms with E-state index < -0.39 is 6.17 Å². The van der Waals surface area contributed by atoms with Crippen molar-refractivity contribution in [2.24, 2.45) is 0 Å². The summed E-state index contributed by atoms with van der Waals surface area (Å²) in [6.07, 6.45) is 7.35. The zero-order valence-electron chi connectivity index (χ0n) is 21.9. The smallest absolute Gasteiger partial charge is 0.258 e. The van der Waals surface area contributed by atoms with Gasteiger partial charge in [0.1, 0.15) is 6.17 Å². The first-order chi connectivity index (χ1) is 19.4. The van der Waals surface area contributed by atoms with E-state index in [4.69, 9.17) is 11.6 Å². The van der Waals surface area contributed by atoms with Crippen LogP contribution in [0.2, 0.25) is 5.02 Å². The van der Waals surface area contributed by atoms with Crippen LogP contribution >= 0.6 is 11.6 Å². The van der Waals surface area contributed by atoms with Crippen LogP contribution in [0.25, 0.3) is 16.5 Å². The van der Waals surface area contributed by atoms with Gasteiger partial charge in [0.25, 0.3) is 5.91 Å². The van der Waals surface area contributed by atoms with Crippen molar-refractivity contribution in [1.82, 2.24) is 25.0 Å². The Morgan fingerprint density at radius 2 is 1.85 bits per heavy atom. The first-order valence-corrected chi connectivity index (χ1v) is 13.8. The van der Waals surface area contributed by atoms with Gasteiger partial charge in [0.05, 0.1) is 24.0 Å². The first kappa shape index (κ1) is 26.2. The zero-order valence-corrected chi connectivity index (χ0v) is 22.6. The zero-order chi connectivity index (χ0) is 27.6. The molecular formula is C31H29ClFN5O2. The second-order valence-electron chi connectivity index (χ2n) is 10.4. The number of carbonyl (C=O) groups is 2. The van der Waals surface area contributed by atoms with E-state index >= 15 is 0 Å². The van der Waals surface area contributed by atoms with E-state index in [9.17, 15) is 14.0 Å². The number of alkyl halides is 1. The van der Waals surface area contributed by atoms with E-state index in [1.807, 2.05) is 36.4 Å². The molecule has 1 aliphatic carbocycles. The lowest BCUT2D eigenvalue weighted by atomic mass is 9.98. The highest BCUT2D eigenvalue weighted by Gasteiger charge is 2.21. The number of carbonyl (C=O) groups excluding carboxylic acids is 2. The average Bonchev–Trinajstić information content (AvgIpc) is 3.59. The molecule has 9 heteroatoms. The monoisotopic (exact) mass is 557 g/mol. The van der Waals surface area contributed by atoms with Gasteiger partial charge in [-0.2, -0.15) is 5.10 Å². The minimum absolute atomic E-state index is 0.0188. The number of piperidine rings is 1. The summed E-state index contributed by atoms with van der Waals surface area (Å²) >= 11 is 5.95. The number of allylic oxidation sites excluding steroid dienone is 3. The van der Waals surface area contributed by atoms with E-state index in [0.717, 1.165) is 41.7 Å². The standard InChI is InChI=1S/C31H29ClFN5O2/c32-24-4-1-20(2-5-24)18-38-19-23(16-34-38)31(40)35-26-6-8-30(39)27(15-26)29-14-22-13-21(3-7-28(22)36-29)17-37-11-9-25(33)10-12-37/h1-7,13-16,19,25,36H,8-12,17-18H2,(H,35,40). The van der Waals surface area contributed by atoms with Crippen molar-refractivity contribution < 1.29 is 14.0 Å². The van der Waals surface area contributed by atoms with E-state index in [1.165, 1.54) is 6.20 Å². The molecular weight excluding hydrogens is 529 g/mol. The van der Waals surface area contributed by atoms with Crippen molar-refractivity contribution >= 4 is 39.8 Å². The van der Waals surface area contributed by atoms with Crippen molar-refractivity contribution in [2.75, 3.05) is 13.1 Å². The molecule has 2 aromatic carbocycles. The molecule has 40 heavy (non-hydrogen) atoms. The molecule has 1 aliphatic heterocycles. The van der Waals surface area contributed by atoms with Crippen LogP contribution in [0.15, 0.2) is 78.8 Å². The molecule has 0 unspecified atom stereocenters.